The maximum absolute atomic E-state index is 12.9. The number of piperidine rings is 1. The van der Waals surface area contributed by atoms with Crippen LogP contribution in [0.1, 0.15) is 59.5 Å². The SMILES string of the molecule is CCc1nc(C2CCCN(C(=O)C3CC3c3ccc(C)s3)C2)no1. The van der Waals surface area contributed by atoms with Crippen molar-refractivity contribution < 1.29 is 9.32 Å². The van der Waals surface area contributed by atoms with Crippen LogP contribution in [0.5, 0.6) is 0 Å². The second-order valence-electron chi connectivity index (χ2n) is 6.92. The molecule has 0 bridgehead atoms. The van der Waals surface area contributed by atoms with Crippen LogP contribution in [0.3, 0.4) is 0 Å². The van der Waals surface area contributed by atoms with Gasteiger partial charge < -0.3 is 9.42 Å². The Bertz CT molecular complexity index is 738. The zero-order chi connectivity index (χ0) is 16.7. The van der Waals surface area contributed by atoms with Crippen LogP contribution in [0.15, 0.2) is 16.7 Å². The van der Waals surface area contributed by atoms with Crippen molar-refractivity contribution >= 4 is 17.2 Å². The molecule has 2 aliphatic rings. The molecule has 5 nitrogen and oxygen atoms in total. The van der Waals surface area contributed by atoms with Crippen molar-refractivity contribution in [2.75, 3.05) is 13.1 Å². The molecule has 3 heterocycles. The summed E-state index contributed by atoms with van der Waals surface area (Å²) in [6.07, 6.45) is 3.81. The summed E-state index contributed by atoms with van der Waals surface area (Å²) < 4.78 is 5.24. The van der Waals surface area contributed by atoms with E-state index in [0.717, 1.165) is 44.6 Å². The van der Waals surface area contributed by atoms with Gasteiger partial charge in [0.15, 0.2) is 5.82 Å². The van der Waals surface area contributed by atoms with Gasteiger partial charge in [-0.3, -0.25) is 4.79 Å². The lowest BCUT2D eigenvalue weighted by atomic mass is 9.97. The number of hydrogen-bond donors (Lipinski definition) is 0. The van der Waals surface area contributed by atoms with Gasteiger partial charge in [-0.1, -0.05) is 12.1 Å². The van der Waals surface area contributed by atoms with Crippen molar-refractivity contribution in [2.45, 2.75) is 51.4 Å². The van der Waals surface area contributed by atoms with E-state index in [4.69, 9.17) is 4.52 Å². The zero-order valence-electron chi connectivity index (χ0n) is 14.2. The van der Waals surface area contributed by atoms with Crippen molar-refractivity contribution in [2.24, 2.45) is 5.92 Å². The van der Waals surface area contributed by atoms with E-state index in [2.05, 4.69) is 29.2 Å². The number of nitrogens with zero attached hydrogens (tertiary/aromatic N) is 3. The molecule has 6 heteroatoms. The quantitative estimate of drug-likeness (QED) is 0.851. The van der Waals surface area contributed by atoms with Gasteiger partial charge in [0.2, 0.25) is 11.8 Å². The normalized spacial score (nSPS) is 26.6. The Morgan fingerprint density at radius 3 is 3.04 bits per heavy atom. The summed E-state index contributed by atoms with van der Waals surface area (Å²) in [5.41, 5.74) is 0. The number of aromatic nitrogens is 2. The third-order valence-electron chi connectivity index (χ3n) is 5.12. The molecule has 24 heavy (non-hydrogen) atoms. The van der Waals surface area contributed by atoms with Crippen molar-refractivity contribution in [1.29, 1.82) is 0 Å². The third kappa shape index (κ3) is 2.99. The van der Waals surface area contributed by atoms with Gasteiger partial charge >= 0.3 is 0 Å². The Kier molecular flexibility index (Phi) is 4.16. The van der Waals surface area contributed by atoms with Crippen LogP contribution < -0.4 is 0 Å². The lowest BCUT2D eigenvalue weighted by Gasteiger charge is -2.31. The Hall–Kier alpha value is -1.69. The Morgan fingerprint density at radius 1 is 1.46 bits per heavy atom. The number of carbonyl (C=O) groups is 1. The number of carbonyl (C=O) groups excluding carboxylic acids is 1. The van der Waals surface area contributed by atoms with E-state index in [1.54, 1.807) is 0 Å². The fraction of sp³-hybridized carbons (Fsp3) is 0.611. The second kappa shape index (κ2) is 6.31. The first-order valence-electron chi connectivity index (χ1n) is 8.83. The maximum Gasteiger partial charge on any atom is 0.226 e. The predicted molar refractivity (Wildman–Crippen MR) is 92.1 cm³/mol. The highest BCUT2D eigenvalue weighted by Gasteiger charge is 2.47. The second-order valence-corrected chi connectivity index (χ2v) is 8.24. The highest BCUT2D eigenvalue weighted by Crippen LogP contribution is 2.50. The average Bonchev–Trinajstić information content (AvgIpc) is 3.04. The first-order valence-corrected chi connectivity index (χ1v) is 9.65. The Balaban J connectivity index is 1.40. The number of thiophene rings is 1. The fourth-order valence-electron chi connectivity index (χ4n) is 3.64. The number of hydrogen-bond acceptors (Lipinski definition) is 5. The molecular formula is C18H23N3O2S. The summed E-state index contributed by atoms with van der Waals surface area (Å²) in [5, 5.41) is 4.11. The lowest BCUT2D eigenvalue weighted by Crippen LogP contribution is -2.40. The largest absolute Gasteiger partial charge is 0.342 e. The molecule has 2 fully saturated rings. The Labute approximate surface area is 146 Å². The summed E-state index contributed by atoms with van der Waals surface area (Å²) in [6, 6.07) is 4.33. The van der Waals surface area contributed by atoms with Crippen LogP contribution in [0.4, 0.5) is 0 Å². The van der Waals surface area contributed by atoms with E-state index in [1.165, 1.54) is 9.75 Å². The standard InChI is InChI=1S/C18H23N3O2S/c1-3-16-19-17(20-23-16)12-5-4-8-21(10-12)18(22)14-9-13(14)15-7-6-11(2)24-15/h6-7,12-14H,3-5,8-10H2,1-2H3. The van der Waals surface area contributed by atoms with Crippen LogP contribution in [-0.2, 0) is 11.2 Å². The predicted octanol–water partition coefficient (Wildman–Crippen LogP) is 3.51. The summed E-state index contributed by atoms with van der Waals surface area (Å²) in [7, 11) is 0. The molecule has 0 aromatic carbocycles. The first kappa shape index (κ1) is 15.8. The number of amides is 1. The Morgan fingerprint density at radius 2 is 2.33 bits per heavy atom. The molecule has 1 amide bonds. The van der Waals surface area contributed by atoms with Gasteiger partial charge in [-0.25, -0.2) is 0 Å². The minimum absolute atomic E-state index is 0.179. The van der Waals surface area contributed by atoms with Gasteiger partial charge in [0, 0.05) is 47.0 Å². The summed E-state index contributed by atoms with van der Waals surface area (Å²) in [5.74, 6) is 2.60. The van der Waals surface area contributed by atoms with Crippen molar-refractivity contribution in [3.63, 3.8) is 0 Å². The molecule has 1 saturated heterocycles. The van der Waals surface area contributed by atoms with Gasteiger partial charge in [0.25, 0.3) is 0 Å². The summed E-state index contributed by atoms with van der Waals surface area (Å²) in [6.45, 7) is 5.72. The molecule has 2 aromatic rings. The number of rotatable bonds is 4. The van der Waals surface area contributed by atoms with Gasteiger partial charge in [0.1, 0.15) is 0 Å². The number of aryl methyl sites for hydroxylation is 2. The molecule has 3 unspecified atom stereocenters. The molecule has 1 aliphatic carbocycles. The van der Waals surface area contributed by atoms with E-state index in [9.17, 15) is 4.79 Å². The van der Waals surface area contributed by atoms with Gasteiger partial charge in [-0.15, -0.1) is 11.3 Å². The van der Waals surface area contributed by atoms with Gasteiger partial charge in [-0.05, 0) is 38.3 Å². The molecule has 4 rings (SSSR count). The summed E-state index contributed by atoms with van der Waals surface area (Å²) in [4.78, 5) is 22.0. The molecule has 0 N–H and O–H groups in total. The molecule has 2 aromatic heterocycles. The molecule has 1 saturated carbocycles. The van der Waals surface area contributed by atoms with E-state index in [-0.39, 0.29) is 11.8 Å². The molecule has 1 aliphatic heterocycles. The highest BCUT2D eigenvalue weighted by atomic mass is 32.1. The zero-order valence-corrected chi connectivity index (χ0v) is 15.0. The number of likely N-dealkylation sites (tertiary alicyclic amines) is 1. The average molecular weight is 345 g/mol. The smallest absolute Gasteiger partial charge is 0.226 e. The first-order chi connectivity index (χ1) is 11.7. The fourth-order valence-corrected chi connectivity index (χ4v) is 4.69. The van der Waals surface area contributed by atoms with E-state index in [0.29, 0.717) is 17.7 Å². The molecular weight excluding hydrogens is 322 g/mol. The maximum atomic E-state index is 12.9. The van der Waals surface area contributed by atoms with Gasteiger partial charge in [0.05, 0.1) is 0 Å². The van der Waals surface area contributed by atoms with Crippen molar-refractivity contribution in [1.82, 2.24) is 15.0 Å². The molecule has 0 radical (unpaired) electrons. The van der Waals surface area contributed by atoms with Gasteiger partial charge in [-0.2, -0.15) is 4.98 Å². The van der Waals surface area contributed by atoms with Crippen LogP contribution in [0.2, 0.25) is 0 Å². The van der Waals surface area contributed by atoms with Crippen LogP contribution >= 0.6 is 11.3 Å². The third-order valence-corrected chi connectivity index (χ3v) is 6.25. The van der Waals surface area contributed by atoms with E-state index < -0.39 is 0 Å². The van der Waals surface area contributed by atoms with Crippen LogP contribution in [0.25, 0.3) is 0 Å². The topological polar surface area (TPSA) is 59.2 Å². The lowest BCUT2D eigenvalue weighted by molar-refractivity contribution is -0.133. The molecule has 128 valence electrons. The molecule has 0 spiro atoms. The van der Waals surface area contributed by atoms with E-state index in [1.807, 2.05) is 23.2 Å². The van der Waals surface area contributed by atoms with Crippen molar-refractivity contribution in [3.8, 4) is 0 Å². The minimum Gasteiger partial charge on any atom is -0.342 e. The van der Waals surface area contributed by atoms with E-state index >= 15 is 0 Å². The summed E-state index contributed by atoms with van der Waals surface area (Å²) >= 11 is 1.83. The minimum atomic E-state index is 0.179. The van der Waals surface area contributed by atoms with Crippen LogP contribution in [0, 0.1) is 12.8 Å². The highest BCUT2D eigenvalue weighted by molar-refractivity contribution is 7.12. The van der Waals surface area contributed by atoms with Crippen molar-refractivity contribution in [3.05, 3.63) is 33.6 Å². The monoisotopic (exact) mass is 345 g/mol. The molecule has 3 atom stereocenters. The van der Waals surface area contributed by atoms with Crippen LogP contribution in [-0.4, -0.2) is 34.0 Å².